The van der Waals surface area contributed by atoms with Crippen molar-refractivity contribution in [2.75, 3.05) is 19.6 Å². The van der Waals surface area contributed by atoms with Gasteiger partial charge in [0, 0.05) is 25.2 Å². The quantitative estimate of drug-likeness (QED) is 0.888. The molecule has 0 amide bonds. The van der Waals surface area contributed by atoms with Crippen LogP contribution in [0.1, 0.15) is 39.0 Å². The predicted octanol–water partition coefficient (Wildman–Crippen LogP) is 2.39. The third-order valence-corrected chi connectivity index (χ3v) is 3.41. The second-order valence-corrected chi connectivity index (χ2v) is 6.01. The zero-order chi connectivity index (χ0) is 13.9. The topological polar surface area (TPSA) is 37.6 Å². The van der Waals surface area contributed by atoms with Crippen LogP contribution in [0.15, 0.2) is 16.7 Å². The summed E-state index contributed by atoms with van der Waals surface area (Å²) < 4.78 is 11.5. The highest BCUT2D eigenvalue weighted by Gasteiger charge is 2.31. The van der Waals surface area contributed by atoms with E-state index in [0.29, 0.717) is 0 Å². The van der Waals surface area contributed by atoms with Crippen LogP contribution >= 0.6 is 0 Å². The third-order valence-electron chi connectivity index (χ3n) is 3.41. The summed E-state index contributed by atoms with van der Waals surface area (Å²) in [6, 6.07) is 2.08. The number of hydrogen-bond acceptors (Lipinski definition) is 4. The van der Waals surface area contributed by atoms with Gasteiger partial charge in [0.15, 0.2) is 0 Å². The molecule has 0 aromatic carbocycles. The maximum absolute atomic E-state index is 5.94. The molecule has 0 spiro atoms. The van der Waals surface area contributed by atoms with E-state index in [1.807, 2.05) is 0 Å². The van der Waals surface area contributed by atoms with E-state index in [9.17, 15) is 0 Å². The number of ether oxygens (including phenoxy) is 1. The van der Waals surface area contributed by atoms with E-state index in [1.165, 1.54) is 5.56 Å². The Hall–Kier alpha value is -0.840. The van der Waals surface area contributed by atoms with Crippen molar-refractivity contribution in [1.82, 2.24) is 10.2 Å². The molecule has 1 N–H and O–H groups in total. The van der Waals surface area contributed by atoms with E-state index in [-0.39, 0.29) is 11.7 Å². The molecule has 0 bridgehead atoms. The Morgan fingerprint density at radius 3 is 2.95 bits per heavy atom. The molecule has 2 rings (SSSR count). The molecule has 4 nitrogen and oxygen atoms in total. The fraction of sp³-hybridized carbons (Fsp3) is 0.733. The summed E-state index contributed by atoms with van der Waals surface area (Å²) in [5.41, 5.74) is 1.22. The summed E-state index contributed by atoms with van der Waals surface area (Å²) in [6.45, 7) is 13.2. The number of furan rings is 1. The fourth-order valence-electron chi connectivity index (χ4n) is 2.85. The molecular weight excluding hydrogens is 240 g/mol. The minimum absolute atomic E-state index is 0.0662. The molecule has 1 unspecified atom stereocenters. The zero-order valence-corrected chi connectivity index (χ0v) is 12.5. The van der Waals surface area contributed by atoms with E-state index in [4.69, 9.17) is 9.15 Å². The van der Waals surface area contributed by atoms with Gasteiger partial charge < -0.3 is 14.5 Å². The van der Waals surface area contributed by atoms with Gasteiger partial charge in [-0.25, -0.2) is 0 Å². The molecule has 1 atom stereocenters. The summed E-state index contributed by atoms with van der Waals surface area (Å²) in [6.07, 6.45) is 2.07. The van der Waals surface area contributed by atoms with Crippen molar-refractivity contribution >= 4 is 0 Å². The first-order valence-corrected chi connectivity index (χ1v) is 7.16. The van der Waals surface area contributed by atoms with Crippen molar-refractivity contribution in [2.45, 2.75) is 52.5 Å². The molecular formula is C15H26N2O2. The molecule has 0 saturated carbocycles. The highest BCUT2D eigenvalue weighted by Crippen LogP contribution is 2.23. The standard InChI is InChI=1S/C15H26N2O2/c1-5-16-8-14-13(6-7-18-14)10-17-9-12(2)19-15(3,4)11-17/h6-7,12,16H,5,8-11H2,1-4H3. The zero-order valence-electron chi connectivity index (χ0n) is 12.5. The second-order valence-electron chi connectivity index (χ2n) is 6.01. The average molecular weight is 266 g/mol. The highest BCUT2D eigenvalue weighted by molar-refractivity contribution is 5.17. The van der Waals surface area contributed by atoms with Crippen LogP contribution in [0.5, 0.6) is 0 Å². The van der Waals surface area contributed by atoms with Crippen LogP contribution in [0.4, 0.5) is 0 Å². The summed E-state index contributed by atoms with van der Waals surface area (Å²) in [5, 5.41) is 3.32. The first-order valence-electron chi connectivity index (χ1n) is 7.16. The van der Waals surface area contributed by atoms with Crippen LogP contribution in [0.3, 0.4) is 0 Å². The van der Waals surface area contributed by atoms with Crippen molar-refractivity contribution in [3.05, 3.63) is 23.7 Å². The van der Waals surface area contributed by atoms with Crippen LogP contribution in [0.25, 0.3) is 0 Å². The molecule has 1 saturated heterocycles. The van der Waals surface area contributed by atoms with Crippen LogP contribution in [0.2, 0.25) is 0 Å². The molecule has 1 aliphatic rings. The highest BCUT2D eigenvalue weighted by atomic mass is 16.5. The van der Waals surface area contributed by atoms with Crippen LogP contribution in [-0.2, 0) is 17.8 Å². The number of morpholine rings is 1. The fourth-order valence-corrected chi connectivity index (χ4v) is 2.85. The van der Waals surface area contributed by atoms with E-state index in [2.05, 4.69) is 44.0 Å². The molecule has 0 radical (unpaired) electrons. The largest absolute Gasteiger partial charge is 0.468 e. The Morgan fingerprint density at radius 1 is 1.47 bits per heavy atom. The molecule has 19 heavy (non-hydrogen) atoms. The molecule has 0 aliphatic carbocycles. The van der Waals surface area contributed by atoms with Gasteiger partial charge in [-0.2, -0.15) is 0 Å². The normalized spacial score (nSPS) is 23.7. The molecule has 1 aromatic heterocycles. The number of hydrogen-bond donors (Lipinski definition) is 1. The summed E-state index contributed by atoms with van der Waals surface area (Å²) in [4.78, 5) is 2.45. The molecule has 1 aromatic rings. The summed E-state index contributed by atoms with van der Waals surface area (Å²) >= 11 is 0. The molecule has 2 heterocycles. The number of nitrogens with zero attached hydrogens (tertiary/aromatic N) is 1. The third kappa shape index (κ3) is 4.06. The van der Waals surface area contributed by atoms with Gasteiger partial charge in [-0.05, 0) is 33.4 Å². The molecule has 1 aliphatic heterocycles. The van der Waals surface area contributed by atoms with Gasteiger partial charge in [0.1, 0.15) is 5.76 Å². The Labute approximate surface area is 116 Å². The lowest BCUT2D eigenvalue weighted by Gasteiger charge is -2.41. The number of rotatable bonds is 5. The monoisotopic (exact) mass is 266 g/mol. The number of nitrogens with one attached hydrogen (secondary N) is 1. The first-order chi connectivity index (χ1) is 9.00. The molecule has 1 fully saturated rings. The van der Waals surface area contributed by atoms with E-state index in [1.54, 1.807) is 6.26 Å². The predicted molar refractivity (Wildman–Crippen MR) is 76.0 cm³/mol. The lowest BCUT2D eigenvalue weighted by molar-refractivity contribution is -0.130. The van der Waals surface area contributed by atoms with Gasteiger partial charge in [0.05, 0.1) is 24.5 Å². The first kappa shape index (κ1) is 14.6. The van der Waals surface area contributed by atoms with Crippen LogP contribution in [-0.4, -0.2) is 36.2 Å². The van der Waals surface area contributed by atoms with Gasteiger partial charge in [-0.1, -0.05) is 6.92 Å². The lowest BCUT2D eigenvalue weighted by Crippen LogP contribution is -2.51. The van der Waals surface area contributed by atoms with Gasteiger partial charge in [-0.3, -0.25) is 4.90 Å². The summed E-state index contributed by atoms with van der Waals surface area (Å²) in [5.74, 6) is 1.05. The van der Waals surface area contributed by atoms with Crippen molar-refractivity contribution in [2.24, 2.45) is 0 Å². The summed E-state index contributed by atoms with van der Waals surface area (Å²) in [7, 11) is 0. The van der Waals surface area contributed by atoms with Gasteiger partial charge in [0.2, 0.25) is 0 Å². The van der Waals surface area contributed by atoms with E-state index >= 15 is 0 Å². The molecule has 4 heteroatoms. The molecule has 108 valence electrons. The van der Waals surface area contributed by atoms with Crippen molar-refractivity contribution in [1.29, 1.82) is 0 Å². The Kier molecular flexibility index (Phi) is 4.66. The maximum atomic E-state index is 5.94. The van der Waals surface area contributed by atoms with Gasteiger partial charge in [-0.15, -0.1) is 0 Å². The SMILES string of the molecule is CCNCc1occc1CN1CC(C)OC(C)(C)C1. The lowest BCUT2D eigenvalue weighted by atomic mass is 10.0. The van der Waals surface area contributed by atoms with Gasteiger partial charge >= 0.3 is 0 Å². The van der Waals surface area contributed by atoms with E-state index < -0.39 is 0 Å². The van der Waals surface area contributed by atoms with Crippen molar-refractivity contribution in [3.63, 3.8) is 0 Å². The van der Waals surface area contributed by atoms with Crippen LogP contribution < -0.4 is 5.32 Å². The second kappa shape index (κ2) is 6.07. The van der Waals surface area contributed by atoms with Crippen LogP contribution in [0, 0.1) is 0 Å². The van der Waals surface area contributed by atoms with Crippen molar-refractivity contribution < 1.29 is 9.15 Å². The Bertz CT molecular complexity index is 401. The Morgan fingerprint density at radius 2 is 2.26 bits per heavy atom. The van der Waals surface area contributed by atoms with Crippen molar-refractivity contribution in [3.8, 4) is 0 Å². The smallest absolute Gasteiger partial charge is 0.122 e. The van der Waals surface area contributed by atoms with Gasteiger partial charge in [0.25, 0.3) is 0 Å². The minimum atomic E-state index is -0.0662. The Balaban J connectivity index is 1.98. The maximum Gasteiger partial charge on any atom is 0.122 e. The minimum Gasteiger partial charge on any atom is -0.468 e. The van der Waals surface area contributed by atoms with E-state index in [0.717, 1.165) is 38.5 Å². The average Bonchev–Trinajstić information content (AvgIpc) is 2.71.